The summed E-state index contributed by atoms with van der Waals surface area (Å²) >= 11 is 0. The Kier molecular flexibility index (Phi) is 6.27. The van der Waals surface area contributed by atoms with Crippen LogP contribution in [0.3, 0.4) is 0 Å². The third-order valence-electron chi connectivity index (χ3n) is 6.41. The second-order valence-electron chi connectivity index (χ2n) is 8.97. The Morgan fingerprint density at radius 1 is 0.971 bits per heavy atom. The van der Waals surface area contributed by atoms with Gasteiger partial charge in [-0.25, -0.2) is 4.79 Å². The van der Waals surface area contributed by atoms with E-state index in [0.29, 0.717) is 18.2 Å². The molecule has 0 atom stereocenters. The molecular formula is C27H26N2O6. The van der Waals surface area contributed by atoms with E-state index in [1.807, 2.05) is 24.3 Å². The molecule has 0 radical (unpaired) electrons. The zero-order valence-electron chi connectivity index (χ0n) is 19.1. The summed E-state index contributed by atoms with van der Waals surface area (Å²) in [5.41, 5.74) is 4.58. The summed E-state index contributed by atoms with van der Waals surface area (Å²) in [5, 5.41) is 11.8. The molecule has 2 aliphatic carbocycles. The summed E-state index contributed by atoms with van der Waals surface area (Å²) in [5.74, 6) is -0.787. The van der Waals surface area contributed by atoms with Gasteiger partial charge in [-0.2, -0.15) is 0 Å². The third kappa shape index (κ3) is 5.06. The van der Waals surface area contributed by atoms with Crippen molar-refractivity contribution in [3.05, 3.63) is 83.3 Å². The van der Waals surface area contributed by atoms with Crippen molar-refractivity contribution >= 4 is 18.0 Å². The maximum Gasteiger partial charge on any atom is 0.407 e. The van der Waals surface area contributed by atoms with Gasteiger partial charge < -0.3 is 24.5 Å². The number of carboxylic acids is 1. The lowest BCUT2D eigenvalue weighted by molar-refractivity contribution is -0.137. The minimum Gasteiger partial charge on any atom is -0.480 e. The Balaban J connectivity index is 1.16. The Morgan fingerprint density at radius 2 is 1.63 bits per heavy atom. The van der Waals surface area contributed by atoms with E-state index in [0.717, 1.165) is 35.1 Å². The van der Waals surface area contributed by atoms with Crippen LogP contribution in [0.2, 0.25) is 0 Å². The number of furan rings is 1. The van der Waals surface area contributed by atoms with Gasteiger partial charge in [0.15, 0.2) is 5.76 Å². The van der Waals surface area contributed by atoms with E-state index >= 15 is 0 Å². The molecule has 1 fully saturated rings. The number of amides is 2. The number of carbonyl (C=O) groups is 3. The van der Waals surface area contributed by atoms with Crippen LogP contribution in [0.15, 0.2) is 65.1 Å². The predicted molar refractivity (Wildman–Crippen MR) is 127 cm³/mol. The van der Waals surface area contributed by atoms with Gasteiger partial charge >= 0.3 is 12.1 Å². The molecule has 2 aliphatic rings. The highest BCUT2D eigenvalue weighted by Crippen LogP contribution is 2.44. The monoisotopic (exact) mass is 474 g/mol. The molecule has 1 saturated carbocycles. The molecule has 5 rings (SSSR count). The molecule has 8 heteroatoms. The molecule has 3 aromatic rings. The molecule has 0 spiro atoms. The van der Waals surface area contributed by atoms with Crippen LogP contribution in [0.4, 0.5) is 4.79 Å². The first-order valence-corrected chi connectivity index (χ1v) is 11.7. The smallest absolute Gasteiger partial charge is 0.407 e. The standard InChI is InChI=1S/C27H26N2O6/c30-25(31)15-29(14-17-9-10-17)26(32)24-12-11-18(35-24)13-28-27(33)34-16-23-21-7-3-1-5-19(21)20-6-2-4-8-22(20)23/h1-8,11-12,17,23H,9-10,13-16H2,(H,28,33)(H,30,31). The molecular weight excluding hydrogens is 448 g/mol. The Morgan fingerprint density at radius 3 is 2.26 bits per heavy atom. The molecule has 2 N–H and O–H groups in total. The fraction of sp³-hybridized carbons (Fsp3) is 0.296. The number of benzene rings is 2. The number of rotatable bonds is 9. The maximum absolute atomic E-state index is 12.7. The highest BCUT2D eigenvalue weighted by molar-refractivity contribution is 5.93. The second kappa shape index (κ2) is 9.66. The van der Waals surface area contributed by atoms with Gasteiger partial charge in [-0.15, -0.1) is 0 Å². The van der Waals surface area contributed by atoms with Crippen molar-refractivity contribution in [1.29, 1.82) is 0 Å². The summed E-state index contributed by atoms with van der Waals surface area (Å²) in [4.78, 5) is 37.5. The summed E-state index contributed by atoms with van der Waals surface area (Å²) in [6.45, 7) is 0.279. The quantitative estimate of drug-likeness (QED) is 0.480. The topological polar surface area (TPSA) is 109 Å². The first-order valence-electron chi connectivity index (χ1n) is 11.7. The van der Waals surface area contributed by atoms with E-state index in [2.05, 4.69) is 29.6 Å². The minimum atomic E-state index is -1.07. The minimum absolute atomic E-state index is 0.0346. The van der Waals surface area contributed by atoms with Crippen molar-refractivity contribution in [2.24, 2.45) is 5.92 Å². The van der Waals surface area contributed by atoms with E-state index in [9.17, 15) is 14.4 Å². The van der Waals surface area contributed by atoms with Crippen molar-refractivity contribution < 1.29 is 28.6 Å². The summed E-state index contributed by atoms with van der Waals surface area (Å²) in [6, 6.07) is 19.3. The van der Waals surface area contributed by atoms with Gasteiger partial charge in [-0.3, -0.25) is 9.59 Å². The van der Waals surface area contributed by atoms with Crippen molar-refractivity contribution in [2.45, 2.75) is 25.3 Å². The van der Waals surface area contributed by atoms with E-state index in [-0.39, 0.29) is 31.4 Å². The normalized spacial score (nSPS) is 14.2. The summed E-state index contributed by atoms with van der Waals surface area (Å²) in [6.07, 6.45) is 1.41. The van der Waals surface area contributed by atoms with Crippen molar-refractivity contribution in [3.63, 3.8) is 0 Å². The van der Waals surface area contributed by atoms with Gasteiger partial charge in [0, 0.05) is 12.5 Å². The SMILES string of the molecule is O=C(O)CN(CC1CC1)C(=O)c1ccc(CNC(=O)OCC2c3ccccc3-c3ccccc32)o1. The maximum atomic E-state index is 12.7. The van der Waals surface area contributed by atoms with Crippen LogP contribution in [-0.2, 0) is 16.1 Å². The molecule has 2 aromatic carbocycles. The van der Waals surface area contributed by atoms with E-state index in [1.165, 1.54) is 11.0 Å². The molecule has 35 heavy (non-hydrogen) atoms. The highest BCUT2D eigenvalue weighted by atomic mass is 16.5. The van der Waals surface area contributed by atoms with Crippen LogP contribution in [-0.4, -0.2) is 47.7 Å². The van der Waals surface area contributed by atoms with Gasteiger partial charge in [0.05, 0.1) is 6.54 Å². The number of carbonyl (C=O) groups excluding carboxylic acids is 2. The predicted octanol–water partition coefficient (Wildman–Crippen LogP) is 4.26. The van der Waals surface area contributed by atoms with Crippen LogP contribution in [0, 0.1) is 5.92 Å². The molecule has 0 unspecified atom stereocenters. The first-order chi connectivity index (χ1) is 17.0. The van der Waals surface area contributed by atoms with Crippen molar-refractivity contribution in [3.8, 4) is 11.1 Å². The van der Waals surface area contributed by atoms with Crippen LogP contribution in [0.25, 0.3) is 11.1 Å². The third-order valence-corrected chi connectivity index (χ3v) is 6.41. The molecule has 2 amide bonds. The number of carboxylic acid groups (broad SMARTS) is 1. The number of hydrogen-bond donors (Lipinski definition) is 2. The Hall–Kier alpha value is -4.07. The fourth-order valence-electron chi connectivity index (χ4n) is 4.55. The van der Waals surface area contributed by atoms with Crippen molar-refractivity contribution in [2.75, 3.05) is 19.7 Å². The zero-order chi connectivity index (χ0) is 24.4. The molecule has 180 valence electrons. The lowest BCUT2D eigenvalue weighted by atomic mass is 9.98. The van der Waals surface area contributed by atoms with Crippen molar-refractivity contribution in [1.82, 2.24) is 10.2 Å². The highest BCUT2D eigenvalue weighted by Gasteiger charge is 2.30. The zero-order valence-corrected chi connectivity index (χ0v) is 19.1. The second-order valence-corrected chi connectivity index (χ2v) is 8.97. The molecule has 1 aromatic heterocycles. The average molecular weight is 475 g/mol. The molecule has 1 heterocycles. The molecule has 0 saturated heterocycles. The van der Waals surface area contributed by atoms with Gasteiger partial charge in [0.1, 0.15) is 18.9 Å². The van der Waals surface area contributed by atoms with Crippen LogP contribution >= 0.6 is 0 Å². The largest absolute Gasteiger partial charge is 0.480 e. The van der Waals surface area contributed by atoms with Crippen LogP contribution < -0.4 is 5.32 Å². The summed E-state index contributed by atoms with van der Waals surface area (Å²) in [7, 11) is 0. The Bertz CT molecular complexity index is 1220. The van der Waals surface area contributed by atoms with Crippen LogP contribution in [0.5, 0.6) is 0 Å². The van der Waals surface area contributed by atoms with Gasteiger partial charge in [0.25, 0.3) is 5.91 Å². The fourth-order valence-corrected chi connectivity index (χ4v) is 4.55. The molecule has 0 aliphatic heterocycles. The number of alkyl carbamates (subject to hydrolysis) is 1. The first kappa shape index (κ1) is 22.7. The number of fused-ring (bicyclic) bond motifs is 3. The van der Waals surface area contributed by atoms with E-state index < -0.39 is 18.0 Å². The van der Waals surface area contributed by atoms with E-state index in [4.69, 9.17) is 14.3 Å². The molecule has 0 bridgehead atoms. The number of aliphatic carboxylic acids is 1. The van der Waals surface area contributed by atoms with Gasteiger partial charge in [-0.05, 0) is 53.1 Å². The van der Waals surface area contributed by atoms with E-state index in [1.54, 1.807) is 6.07 Å². The van der Waals surface area contributed by atoms with Gasteiger partial charge in [0.2, 0.25) is 0 Å². The number of hydrogen-bond acceptors (Lipinski definition) is 5. The lowest BCUT2D eigenvalue weighted by Crippen LogP contribution is -2.37. The number of nitrogens with one attached hydrogen (secondary N) is 1. The van der Waals surface area contributed by atoms with Crippen LogP contribution in [0.1, 0.15) is 46.2 Å². The lowest BCUT2D eigenvalue weighted by Gasteiger charge is -2.19. The Labute approximate surface area is 202 Å². The number of nitrogens with zero attached hydrogens (tertiary/aromatic N) is 1. The summed E-state index contributed by atoms with van der Waals surface area (Å²) < 4.78 is 11.1. The average Bonchev–Trinajstić information content (AvgIpc) is 3.45. The molecule has 8 nitrogen and oxygen atoms in total. The van der Waals surface area contributed by atoms with Gasteiger partial charge in [-0.1, -0.05) is 48.5 Å². The number of ether oxygens (including phenoxy) is 1.